The van der Waals surface area contributed by atoms with Crippen LogP contribution in [0.25, 0.3) is 0 Å². The van der Waals surface area contributed by atoms with E-state index in [0.717, 1.165) is 11.1 Å². The van der Waals surface area contributed by atoms with Gasteiger partial charge in [0.25, 0.3) is 0 Å². The summed E-state index contributed by atoms with van der Waals surface area (Å²) in [6.45, 7) is 10.7. The summed E-state index contributed by atoms with van der Waals surface area (Å²) in [5.41, 5.74) is 3.24. The Balaban J connectivity index is 2.20. The fourth-order valence-electron chi connectivity index (χ4n) is 4.63. The summed E-state index contributed by atoms with van der Waals surface area (Å²) < 4.78 is 19.0. The van der Waals surface area contributed by atoms with E-state index in [-0.39, 0.29) is 17.5 Å². The van der Waals surface area contributed by atoms with Crippen molar-refractivity contribution in [2.45, 2.75) is 48.0 Å². The van der Waals surface area contributed by atoms with E-state index in [1.54, 1.807) is 52.0 Å². The Morgan fingerprint density at radius 3 is 1.50 bits per heavy atom. The van der Waals surface area contributed by atoms with Crippen molar-refractivity contribution in [3.8, 4) is 0 Å². The number of rotatable bonds is 6. The van der Waals surface area contributed by atoms with Gasteiger partial charge in [-0.15, -0.1) is 0 Å². The van der Waals surface area contributed by atoms with Crippen molar-refractivity contribution in [3.63, 3.8) is 0 Å². The van der Waals surface area contributed by atoms with Crippen LogP contribution in [0.2, 0.25) is 0 Å². The van der Waals surface area contributed by atoms with Crippen LogP contribution in [0.1, 0.15) is 60.5 Å². The molecule has 1 fully saturated rings. The number of esters is 2. The molecule has 0 spiro atoms. The molecule has 0 N–H and O–H groups in total. The molecule has 6 nitrogen and oxygen atoms in total. The minimum Gasteiger partial charge on any atom is -0.393 e. The molecule has 0 radical (unpaired) electrons. The lowest BCUT2D eigenvalue weighted by atomic mass is 10.0. The van der Waals surface area contributed by atoms with Gasteiger partial charge < -0.3 is 9.30 Å². The van der Waals surface area contributed by atoms with Crippen molar-refractivity contribution in [1.29, 1.82) is 0 Å². The van der Waals surface area contributed by atoms with Gasteiger partial charge in [-0.05, 0) is 63.8 Å². The van der Waals surface area contributed by atoms with E-state index >= 15 is 0 Å². The number of carbonyl (C=O) groups excluding carboxylic acids is 4. The van der Waals surface area contributed by atoms with Gasteiger partial charge in [0, 0.05) is 17.3 Å². The SMILES string of the molecule is Cc1cc(C)c(C(=O)P(=O)(CC2CC(=O)OC2=O)C(=O)c2c(C)cc(C)cc2C)c(C)c1. The lowest BCUT2D eigenvalue weighted by Crippen LogP contribution is -2.23. The molecule has 2 aromatic carbocycles. The Morgan fingerprint density at radius 2 is 1.19 bits per heavy atom. The van der Waals surface area contributed by atoms with E-state index in [2.05, 4.69) is 4.74 Å². The number of benzene rings is 2. The number of hydrogen-bond acceptors (Lipinski definition) is 6. The summed E-state index contributed by atoms with van der Waals surface area (Å²) in [4.78, 5) is 51.3. The highest BCUT2D eigenvalue weighted by Gasteiger charge is 2.48. The Hall–Kier alpha value is -2.85. The van der Waals surface area contributed by atoms with E-state index in [9.17, 15) is 23.7 Å². The predicted molar refractivity (Wildman–Crippen MR) is 122 cm³/mol. The van der Waals surface area contributed by atoms with Gasteiger partial charge in [0.1, 0.15) is 0 Å². The van der Waals surface area contributed by atoms with E-state index in [4.69, 9.17) is 0 Å². The van der Waals surface area contributed by atoms with Gasteiger partial charge in [0.05, 0.1) is 12.3 Å². The minimum absolute atomic E-state index is 0.229. The molecule has 1 aliphatic rings. The smallest absolute Gasteiger partial charge is 0.317 e. The maximum Gasteiger partial charge on any atom is 0.317 e. The molecule has 3 rings (SSSR count). The molecule has 1 unspecified atom stereocenters. The van der Waals surface area contributed by atoms with Gasteiger partial charge in [0.15, 0.2) is 0 Å². The maximum absolute atomic E-state index is 14.4. The number of aryl methyl sites for hydroxylation is 6. The van der Waals surface area contributed by atoms with Crippen LogP contribution in [-0.4, -0.2) is 29.1 Å². The molecule has 1 aliphatic heterocycles. The molecule has 2 aromatic rings. The van der Waals surface area contributed by atoms with Gasteiger partial charge in [-0.3, -0.25) is 19.2 Å². The van der Waals surface area contributed by atoms with Crippen LogP contribution < -0.4 is 0 Å². The van der Waals surface area contributed by atoms with Crippen molar-refractivity contribution < 1.29 is 28.5 Å². The third-order valence-electron chi connectivity index (χ3n) is 5.88. The zero-order valence-electron chi connectivity index (χ0n) is 19.2. The van der Waals surface area contributed by atoms with Crippen LogP contribution in [0.15, 0.2) is 24.3 Å². The number of cyclic esters (lactones) is 2. The van der Waals surface area contributed by atoms with E-state index in [0.29, 0.717) is 22.3 Å². The molecule has 0 amide bonds. The topological polar surface area (TPSA) is 94.6 Å². The molecular formula is C25H27O6P. The zero-order chi connectivity index (χ0) is 24.0. The molecule has 1 heterocycles. The molecule has 7 heteroatoms. The molecule has 0 bridgehead atoms. The second-order valence-corrected chi connectivity index (χ2v) is 11.4. The van der Waals surface area contributed by atoms with Gasteiger partial charge >= 0.3 is 11.9 Å². The van der Waals surface area contributed by atoms with Crippen LogP contribution in [0.4, 0.5) is 0 Å². The molecule has 1 atom stereocenters. The number of hydrogen-bond donors (Lipinski definition) is 0. The number of ether oxygens (including phenoxy) is 1. The van der Waals surface area contributed by atoms with E-state index < -0.39 is 42.2 Å². The van der Waals surface area contributed by atoms with Crippen LogP contribution in [0.5, 0.6) is 0 Å². The lowest BCUT2D eigenvalue weighted by Gasteiger charge is -2.22. The molecule has 0 saturated carbocycles. The lowest BCUT2D eigenvalue weighted by molar-refractivity contribution is -0.152. The van der Waals surface area contributed by atoms with Crippen molar-refractivity contribution >= 4 is 30.1 Å². The normalized spacial score (nSPS) is 16.2. The first-order chi connectivity index (χ1) is 14.8. The monoisotopic (exact) mass is 454 g/mol. The first-order valence-corrected chi connectivity index (χ1v) is 12.3. The standard InChI is InChI=1S/C25H27O6P/c1-13-7-15(3)21(16(4)8-13)24(28)32(30,12-19-11-20(26)31-23(19)27)25(29)22-17(5)9-14(2)10-18(22)6/h7-10,19H,11-12H2,1-6H3. The number of carbonyl (C=O) groups is 4. The quantitative estimate of drug-likeness (QED) is 0.347. The van der Waals surface area contributed by atoms with Crippen LogP contribution >= 0.6 is 7.14 Å². The third kappa shape index (κ3) is 4.24. The van der Waals surface area contributed by atoms with E-state index in [1.807, 2.05) is 13.8 Å². The first-order valence-electron chi connectivity index (χ1n) is 10.4. The third-order valence-corrected chi connectivity index (χ3v) is 8.59. The fraction of sp³-hybridized carbons (Fsp3) is 0.360. The second kappa shape index (κ2) is 8.59. The largest absolute Gasteiger partial charge is 0.393 e. The minimum atomic E-state index is -4.33. The van der Waals surface area contributed by atoms with Crippen LogP contribution in [-0.2, 0) is 18.9 Å². The Kier molecular flexibility index (Phi) is 6.39. The molecule has 1 saturated heterocycles. The molecule has 32 heavy (non-hydrogen) atoms. The zero-order valence-corrected chi connectivity index (χ0v) is 20.1. The summed E-state index contributed by atoms with van der Waals surface area (Å²) in [6.07, 6.45) is -0.810. The summed E-state index contributed by atoms with van der Waals surface area (Å²) in [5, 5.41) is 0. The Bertz CT molecular complexity index is 1100. The molecular weight excluding hydrogens is 427 g/mol. The van der Waals surface area contributed by atoms with Crippen molar-refractivity contribution in [3.05, 3.63) is 68.8 Å². The fourth-order valence-corrected chi connectivity index (χ4v) is 7.47. The highest BCUT2D eigenvalue weighted by atomic mass is 31.2. The van der Waals surface area contributed by atoms with Gasteiger partial charge in [-0.25, -0.2) is 0 Å². The summed E-state index contributed by atoms with van der Waals surface area (Å²) >= 11 is 0. The van der Waals surface area contributed by atoms with Crippen molar-refractivity contribution in [1.82, 2.24) is 0 Å². The first kappa shape index (κ1) is 23.8. The molecule has 0 aliphatic carbocycles. The van der Waals surface area contributed by atoms with Crippen molar-refractivity contribution in [2.24, 2.45) is 5.92 Å². The Labute approximate surface area is 187 Å². The highest BCUT2D eigenvalue weighted by Crippen LogP contribution is 2.55. The average molecular weight is 454 g/mol. The second-order valence-electron chi connectivity index (χ2n) is 8.77. The van der Waals surface area contributed by atoms with E-state index in [1.165, 1.54) is 0 Å². The summed E-state index contributed by atoms with van der Waals surface area (Å²) in [6, 6.07) is 7.19. The van der Waals surface area contributed by atoms with Crippen molar-refractivity contribution in [2.75, 3.05) is 6.16 Å². The highest BCUT2D eigenvalue weighted by molar-refractivity contribution is 7.95. The van der Waals surface area contributed by atoms with Gasteiger partial charge in [0.2, 0.25) is 18.2 Å². The Morgan fingerprint density at radius 1 is 0.812 bits per heavy atom. The predicted octanol–water partition coefficient (Wildman–Crippen LogP) is 4.97. The maximum atomic E-state index is 14.4. The summed E-state index contributed by atoms with van der Waals surface area (Å²) in [7, 11) is -4.33. The van der Waals surface area contributed by atoms with Gasteiger partial charge in [-0.1, -0.05) is 35.4 Å². The van der Waals surface area contributed by atoms with Crippen LogP contribution in [0.3, 0.4) is 0 Å². The average Bonchev–Trinajstić information content (AvgIpc) is 2.96. The van der Waals surface area contributed by atoms with Crippen LogP contribution in [0, 0.1) is 47.5 Å². The van der Waals surface area contributed by atoms with Gasteiger partial charge in [-0.2, -0.15) is 0 Å². The molecule has 0 aromatic heterocycles. The summed E-state index contributed by atoms with van der Waals surface area (Å²) in [5.74, 6) is -2.67. The molecule has 168 valence electrons.